The smallest absolute Gasteiger partial charge is 0.338 e. The van der Waals surface area contributed by atoms with Gasteiger partial charge in [0.15, 0.2) is 0 Å². The van der Waals surface area contributed by atoms with E-state index in [2.05, 4.69) is 10.1 Å². The van der Waals surface area contributed by atoms with Gasteiger partial charge in [0.1, 0.15) is 5.69 Å². The van der Waals surface area contributed by atoms with Crippen LogP contribution in [0.25, 0.3) is 0 Å². The summed E-state index contributed by atoms with van der Waals surface area (Å²) in [5.41, 5.74) is 0.692. The number of anilines is 1. The van der Waals surface area contributed by atoms with Crippen LogP contribution in [-0.2, 0) is 9.47 Å². The van der Waals surface area contributed by atoms with E-state index in [0.29, 0.717) is 18.8 Å². The van der Waals surface area contributed by atoms with Crippen molar-refractivity contribution in [3.8, 4) is 0 Å². The van der Waals surface area contributed by atoms with Gasteiger partial charge < -0.3 is 14.8 Å². The fraction of sp³-hybridized carbons (Fsp3) is 0.417. The molecule has 7 nitrogen and oxygen atoms in total. The Morgan fingerprint density at radius 1 is 1.42 bits per heavy atom. The van der Waals surface area contributed by atoms with Crippen molar-refractivity contribution in [3.63, 3.8) is 0 Å². The number of methoxy groups -OCH3 is 2. The Hall–Kier alpha value is -2.15. The summed E-state index contributed by atoms with van der Waals surface area (Å²) in [5.74, 6) is -0.593. The third-order valence-corrected chi connectivity index (χ3v) is 2.64. The Balaban J connectivity index is 3.16. The minimum absolute atomic E-state index is 0.126. The lowest BCUT2D eigenvalue weighted by Gasteiger charge is -2.10. The van der Waals surface area contributed by atoms with Crippen LogP contribution in [0.3, 0.4) is 0 Å². The number of rotatable bonds is 6. The molecule has 104 valence electrons. The molecule has 0 heterocycles. The molecule has 19 heavy (non-hydrogen) atoms. The first kappa shape index (κ1) is 14.9. The van der Waals surface area contributed by atoms with Crippen LogP contribution < -0.4 is 5.32 Å². The van der Waals surface area contributed by atoms with Crippen molar-refractivity contribution in [2.24, 2.45) is 0 Å². The second-order valence-corrected chi connectivity index (χ2v) is 3.80. The highest BCUT2D eigenvalue weighted by Crippen LogP contribution is 2.31. The van der Waals surface area contributed by atoms with Crippen molar-refractivity contribution in [2.45, 2.75) is 6.92 Å². The molecule has 1 rings (SSSR count). The molecule has 0 aliphatic rings. The summed E-state index contributed by atoms with van der Waals surface area (Å²) in [6.07, 6.45) is 0. The van der Waals surface area contributed by atoms with E-state index in [-0.39, 0.29) is 16.8 Å². The second kappa shape index (κ2) is 6.69. The zero-order valence-corrected chi connectivity index (χ0v) is 11.1. The van der Waals surface area contributed by atoms with Crippen LogP contribution in [0.2, 0.25) is 0 Å². The zero-order chi connectivity index (χ0) is 14.4. The molecule has 7 heteroatoms. The number of carbonyl (C=O) groups is 1. The number of nitrogens with one attached hydrogen (secondary N) is 1. The molecule has 0 bridgehead atoms. The first-order valence-electron chi connectivity index (χ1n) is 5.62. The summed E-state index contributed by atoms with van der Waals surface area (Å²) in [7, 11) is 2.78. The fourth-order valence-corrected chi connectivity index (χ4v) is 1.70. The van der Waals surface area contributed by atoms with E-state index >= 15 is 0 Å². The van der Waals surface area contributed by atoms with Gasteiger partial charge in [-0.05, 0) is 19.1 Å². The van der Waals surface area contributed by atoms with Crippen LogP contribution >= 0.6 is 0 Å². The summed E-state index contributed by atoms with van der Waals surface area (Å²) >= 11 is 0. The molecule has 1 aromatic rings. The van der Waals surface area contributed by atoms with E-state index in [1.165, 1.54) is 26.2 Å². The molecule has 0 radical (unpaired) electrons. The molecule has 0 saturated heterocycles. The normalized spacial score (nSPS) is 10.1. The highest BCUT2D eigenvalue weighted by atomic mass is 16.6. The zero-order valence-electron chi connectivity index (χ0n) is 11.1. The second-order valence-electron chi connectivity index (χ2n) is 3.80. The number of hydrogen-bond acceptors (Lipinski definition) is 6. The van der Waals surface area contributed by atoms with E-state index in [1.54, 1.807) is 7.11 Å². The van der Waals surface area contributed by atoms with Crippen LogP contribution in [0.4, 0.5) is 11.4 Å². The predicted molar refractivity (Wildman–Crippen MR) is 69.5 cm³/mol. The van der Waals surface area contributed by atoms with Crippen molar-refractivity contribution < 1.29 is 19.2 Å². The van der Waals surface area contributed by atoms with Gasteiger partial charge in [-0.15, -0.1) is 0 Å². The molecule has 0 aromatic heterocycles. The summed E-state index contributed by atoms with van der Waals surface area (Å²) in [4.78, 5) is 22.1. The number of carbonyl (C=O) groups excluding carboxylic acids is 1. The number of nitro groups is 1. The SMILES string of the molecule is COCCNc1ccc(C(=O)OC)c(C)c1[N+](=O)[O-]. The third kappa shape index (κ3) is 3.41. The highest BCUT2D eigenvalue weighted by molar-refractivity contribution is 5.93. The van der Waals surface area contributed by atoms with E-state index in [9.17, 15) is 14.9 Å². The van der Waals surface area contributed by atoms with Gasteiger partial charge in [0.25, 0.3) is 5.69 Å². The number of hydrogen-bond donors (Lipinski definition) is 1. The Kier molecular flexibility index (Phi) is 5.25. The Bertz CT molecular complexity index is 487. The van der Waals surface area contributed by atoms with Gasteiger partial charge >= 0.3 is 5.97 Å². The maximum Gasteiger partial charge on any atom is 0.338 e. The van der Waals surface area contributed by atoms with E-state index in [1.807, 2.05) is 0 Å². The van der Waals surface area contributed by atoms with Gasteiger partial charge in [0.05, 0.1) is 24.2 Å². The molecular weight excluding hydrogens is 252 g/mol. The van der Waals surface area contributed by atoms with Crippen LogP contribution in [-0.4, -0.2) is 38.3 Å². The number of esters is 1. The van der Waals surface area contributed by atoms with Crippen LogP contribution in [0.1, 0.15) is 15.9 Å². The first-order chi connectivity index (χ1) is 9.02. The molecule has 0 aliphatic carbocycles. The molecular formula is C12H16N2O5. The summed E-state index contributed by atoms with van der Waals surface area (Å²) < 4.78 is 9.46. The molecule has 1 N–H and O–H groups in total. The highest BCUT2D eigenvalue weighted by Gasteiger charge is 2.23. The van der Waals surface area contributed by atoms with Crippen molar-refractivity contribution in [1.82, 2.24) is 0 Å². The van der Waals surface area contributed by atoms with Gasteiger partial charge in [0, 0.05) is 19.2 Å². The van der Waals surface area contributed by atoms with Crippen LogP contribution in [0.5, 0.6) is 0 Å². The van der Waals surface area contributed by atoms with Crippen molar-refractivity contribution in [3.05, 3.63) is 33.4 Å². The first-order valence-corrected chi connectivity index (χ1v) is 5.62. The Morgan fingerprint density at radius 2 is 2.11 bits per heavy atom. The number of nitro benzene ring substituents is 1. The standard InChI is InChI=1S/C12H16N2O5/c1-8-9(12(15)19-3)4-5-10(11(8)14(16)17)13-6-7-18-2/h4-5,13H,6-7H2,1-3H3. The maximum absolute atomic E-state index is 11.5. The average Bonchev–Trinajstić information content (AvgIpc) is 2.38. The minimum Gasteiger partial charge on any atom is -0.465 e. The quantitative estimate of drug-likeness (QED) is 0.366. The summed E-state index contributed by atoms with van der Waals surface area (Å²) in [6, 6.07) is 3.00. The van der Waals surface area contributed by atoms with E-state index in [4.69, 9.17) is 4.74 Å². The van der Waals surface area contributed by atoms with Gasteiger partial charge in [-0.25, -0.2) is 4.79 Å². The van der Waals surface area contributed by atoms with E-state index in [0.717, 1.165) is 0 Å². The predicted octanol–water partition coefficient (Wildman–Crippen LogP) is 1.75. The monoisotopic (exact) mass is 268 g/mol. The molecule has 0 atom stereocenters. The van der Waals surface area contributed by atoms with Gasteiger partial charge in [-0.1, -0.05) is 0 Å². The van der Waals surface area contributed by atoms with Gasteiger partial charge in [0.2, 0.25) is 0 Å². The lowest BCUT2D eigenvalue weighted by Crippen LogP contribution is -2.12. The Morgan fingerprint density at radius 3 is 2.63 bits per heavy atom. The maximum atomic E-state index is 11.5. The molecule has 0 fully saturated rings. The van der Waals surface area contributed by atoms with Gasteiger partial charge in [-0.3, -0.25) is 10.1 Å². The lowest BCUT2D eigenvalue weighted by molar-refractivity contribution is -0.384. The third-order valence-electron chi connectivity index (χ3n) is 2.64. The minimum atomic E-state index is -0.593. The number of nitrogens with zero attached hydrogens (tertiary/aromatic N) is 1. The van der Waals surface area contributed by atoms with Crippen molar-refractivity contribution in [1.29, 1.82) is 0 Å². The van der Waals surface area contributed by atoms with Crippen LogP contribution in [0, 0.1) is 17.0 Å². The largest absolute Gasteiger partial charge is 0.465 e. The van der Waals surface area contributed by atoms with Crippen molar-refractivity contribution in [2.75, 3.05) is 32.7 Å². The van der Waals surface area contributed by atoms with E-state index < -0.39 is 10.9 Å². The van der Waals surface area contributed by atoms with Crippen molar-refractivity contribution >= 4 is 17.3 Å². The average molecular weight is 268 g/mol. The molecule has 0 saturated carbocycles. The molecule has 0 aliphatic heterocycles. The summed E-state index contributed by atoms with van der Waals surface area (Å²) in [6.45, 7) is 2.38. The molecule has 0 amide bonds. The molecule has 1 aromatic carbocycles. The fourth-order valence-electron chi connectivity index (χ4n) is 1.70. The number of benzene rings is 1. The molecule has 0 spiro atoms. The number of ether oxygens (including phenoxy) is 2. The Labute approximate surface area is 110 Å². The topological polar surface area (TPSA) is 90.7 Å². The van der Waals surface area contributed by atoms with Crippen LogP contribution in [0.15, 0.2) is 12.1 Å². The summed E-state index contributed by atoms with van der Waals surface area (Å²) in [5, 5.41) is 14.0. The van der Waals surface area contributed by atoms with Gasteiger partial charge in [-0.2, -0.15) is 0 Å². The lowest BCUT2D eigenvalue weighted by atomic mass is 10.1. The molecule has 0 unspecified atom stereocenters.